The van der Waals surface area contributed by atoms with Crippen LogP contribution >= 0.6 is 38.5 Å². The van der Waals surface area contributed by atoms with E-state index in [4.69, 9.17) is 0 Å². The van der Waals surface area contributed by atoms with Crippen molar-refractivity contribution in [3.8, 4) is 0 Å². The lowest BCUT2D eigenvalue weighted by Gasteiger charge is -2.05. The normalized spacial score (nSPS) is 10.4. The molecule has 72 valence electrons. The van der Waals surface area contributed by atoms with E-state index in [0.29, 0.717) is 0 Å². The Balaban J connectivity index is 2.56. The molecule has 0 aromatic heterocycles. The van der Waals surface area contributed by atoms with Crippen LogP contribution < -0.4 is 5.32 Å². The van der Waals surface area contributed by atoms with E-state index in [9.17, 15) is 4.39 Å². The largest absolute Gasteiger partial charge is 0.312 e. The molecule has 0 saturated heterocycles. The van der Waals surface area contributed by atoms with Crippen LogP contribution in [0.25, 0.3) is 0 Å². The summed E-state index contributed by atoms with van der Waals surface area (Å²) in [6, 6.07) is 4.76. The van der Waals surface area contributed by atoms with Crippen molar-refractivity contribution in [2.75, 3.05) is 11.0 Å². The second-order valence-electron chi connectivity index (χ2n) is 2.60. The second-order valence-corrected chi connectivity index (χ2v) is 4.53. The summed E-state index contributed by atoms with van der Waals surface area (Å²) in [5.41, 5.74) is 1.09. The zero-order valence-electron chi connectivity index (χ0n) is 6.99. The van der Waals surface area contributed by atoms with E-state index in [2.05, 4.69) is 43.8 Å². The van der Waals surface area contributed by atoms with Gasteiger partial charge in [0.05, 0.1) is 0 Å². The Morgan fingerprint density at radius 3 is 2.85 bits per heavy atom. The fourth-order valence-electron chi connectivity index (χ4n) is 0.955. The smallest absolute Gasteiger partial charge is 0.124 e. The van der Waals surface area contributed by atoms with Crippen LogP contribution in [0.2, 0.25) is 0 Å². The van der Waals surface area contributed by atoms with Crippen molar-refractivity contribution in [2.45, 2.75) is 6.54 Å². The molecule has 1 aromatic rings. The third kappa shape index (κ3) is 3.91. The number of rotatable bonds is 4. The van der Waals surface area contributed by atoms with Crippen LogP contribution in [0.3, 0.4) is 0 Å². The van der Waals surface area contributed by atoms with E-state index in [1.807, 2.05) is 0 Å². The van der Waals surface area contributed by atoms with Gasteiger partial charge in [-0.3, -0.25) is 0 Å². The van der Waals surface area contributed by atoms with Crippen LogP contribution in [0.5, 0.6) is 0 Å². The van der Waals surface area contributed by atoms with Crippen LogP contribution in [-0.2, 0) is 6.54 Å². The van der Waals surface area contributed by atoms with Gasteiger partial charge in [0, 0.05) is 22.0 Å². The molecule has 0 aliphatic rings. The van der Waals surface area contributed by atoms with Crippen LogP contribution in [0.4, 0.5) is 4.39 Å². The summed E-state index contributed by atoms with van der Waals surface area (Å²) in [6.07, 6.45) is 0. The van der Waals surface area contributed by atoms with Gasteiger partial charge in [-0.2, -0.15) is 0 Å². The molecule has 0 aliphatic heterocycles. The average molecular weight is 358 g/mol. The van der Waals surface area contributed by atoms with E-state index in [-0.39, 0.29) is 5.82 Å². The minimum Gasteiger partial charge on any atom is -0.312 e. The highest BCUT2D eigenvalue weighted by molar-refractivity contribution is 14.1. The molecule has 0 fully saturated rings. The zero-order chi connectivity index (χ0) is 9.68. The van der Waals surface area contributed by atoms with Gasteiger partial charge >= 0.3 is 0 Å². The van der Waals surface area contributed by atoms with E-state index in [0.717, 1.165) is 27.6 Å². The summed E-state index contributed by atoms with van der Waals surface area (Å²) in [4.78, 5) is 0. The highest BCUT2D eigenvalue weighted by Crippen LogP contribution is 2.17. The van der Waals surface area contributed by atoms with Gasteiger partial charge in [-0.25, -0.2) is 4.39 Å². The maximum Gasteiger partial charge on any atom is 0.124 e. The highest BCUT2D eigenvalue weighted by atomic mass is 127. The van der Waals surface area contributed by atoms with E-state index in [1.54, 1.807) is 6.07 Å². The first-order chi connectivity index (χ1) is 6.24. The van der Waals surface area contributed by atoms with Gasteiger partial charge < -0.3 is 5.32 Å². The third-order valence-electron chi connectivity index (χ3n) is 1.60. The maximum atomic E-state index is 12.7. The molecule has 0 aliphatic carbocycles. The molecule has 13 heavy (non-hydrogen) atoms. The van der Waals surface area contributed by atoms with E-state index in [1.165, 1.54) is 12.1 Å². The summed E-state index contributed by atoms with van der Waals surface area (Å²) in [7, 11) is 0. The molecular formula is C9H10BrFIN. The zero-order valence-corrected chi connectivity index (χ0v) is 10.7. The minimum absolute atomic E-state index is 0.204. The number of hydrogen-bond acceptors (Lipinski definition) is 1. The molecule has 0 spiro atoms. The topological polar surface area (TPSA) is 12.0 Å². The molecule has 0 radical (unpaired) electrons. The van der Waals surface area contributed by atoms with Crippen LogP contribution in [0.15, 0.2) is 22.7 Å². The molecule has 4 heteroatoms. The SMILES string of the molecule is Fc1ccc(CNCCI)c(Br)c1. The summed E-state index contributed by atoms with van der Waals surface area (Å²) in [5, 5.41) is 3.25. The highest BCUT2D eigenvalue weighted by Gasteiger charge is 2.00. The lowest BCUT2D eigenvalue weighted by Crippen LogP contribution is -2.15. The third-order valence-corrected chi connectivity index (χ3v) is 2.88. The molecule has 1 aromatic carbocycles. The first-order valence-corrected chi connectivity index (χ1v) is 6.26. The monoisotopic (exact) mass is 357 g/mol. The predicted molar refractivity (Wildman–Crippen MR) is 64.7 cm³/mol. The summed E-state index contributed by atoms with van der Waals surface area (Å²) >= 11 is 5.63. The molecule has 1 rings (SSSR count). The van der Waals surface area contributed by atoms with Gasteiger partial charge in [0.1, 0.15) is 5.82 Å². The number of benzene rings is 1. The van der Waals surface area contributed by atoms with Crippen molar-refractivity contribution in [2.24, 2.45) is 0 Å². The van der Waals surface area contributed by atoms with Gasteiger partial charge in [-0.15, -0.1) is 0 Å². The molecule has 0 heterocycles. The Morgan fingerprint density at radius 2 is 2.23 bits per heavy atom. The number of halogens is 3. The van der Waals surface area contributed by atoms with Crippen LogP contribution in [-0.4, -0.2) is 11.0 Å². The number of nitrogens with one attached hydrogen (secondary N) is 1. The molecular weight excluding hydrogens is 348 g/mol. The molecule has 0 amide bonds. The van der Waals surface area contributed by atoms with Gasteiger partial charge in [0.2, 0.25) is 0 Å². The fraction of sp³-hybridized carbons (Fsp3) is 0.333. The second kappa shape index (κ2) is 5.93. The summed E-state index contributed by atoms with van der Waals surface area (Å²) < 4.78 is 14.6. The molecule has 0 atom stereocenters. The average Bonchev–Trinajstić information content (AvgIpc) is 2.09. The number of hydrogen-bond donors (Lipinski definition) is 1. The van der Waals surface area contributed by atoms with Crippen molar-refractivity contribution in [3.63, 3.8) is 0 Å². The van der Waals surface area contributed by atoms with Crippen molar-refractivity contribution >= 4 is 38.5 Å². The first kappa shape index (κ1) is 11.4. The Morgan fingerprint density at radius 1 is 1.46 bits per heavy atom. The van der Waals surface area contributed by atoms with Crippen LogP contribution in [0, 0.1) is 5.82 Å². The van der Waals surface area contributed by atoms with Gasteiger partial charge in [-0.1, -0.05) is 44.6 Å². The van der Waals surface area contributed by atoms with Crippen molar-refractivity contribution in [1.82, 2.24) is 5.32 Å². The maximum absolute atomic E-state index is 12.7. The summed E-state index contributed by atoms with van der Waals surface area (Å²) in [5.74, 6) is -0.204. The lowest BCUT2D eigenvalue weighted by atomic mass is 10.2. The van der Waals surface area contributed by atoms with Gasteiger partial charge in [-0.05, 0) is 17.7 Å². The predicted octanol–water partition coefficient (Wildman–Crippen LogP) is 3.11. The quantitative estimate of drug-likeness (QED) is 0.496. The van der Waals surface area contributed by atoms with E-state index < -0.39 is 0 Å². The first-order valence-electron chi connectivity index (χ1n) is 3.94. The Labute approximate surface area is 99.4 Å². The fourth-order valence-corrected chi connectivity index (χ4v) is 1.83. The summed E-state index contributed by atoms with van der Waals surface area (Å²) in [6.45, 7) is 1.76. The molecule has 0 unspecified atom stereocenters. The van der Waals surface area contributed by atoms with Gasteiger partial charge in [0.25, 0.3) is 0 Å². The van der Waals surface area contributed by atoms with Gasteiger partial charge in [0.15, 0.2) is 0 Å². The molecule has 1 N–H and O–H groups in total. The minimum atomic E-state index is -0.204. The molecule has 0 bridgehead atoms. The Bertz CT molecular complexity index is 280. The van der Waals surface area contributed by atoms with Crippen molar-refractivity contribution < 1.29 is 4.39 Å². The standard InChI is InChI=1S/C9H10BrFIN/c10-9-5-8(11)2-1-7(9)6-13-4-3-12/h1-2,5,13H,3-4,6H2. The molecule has 0 saturated carbocycles. The van der Waals surface area contributed by atoms with Crippen molar-refractivity contribution in [1.29, 1.82) is 0 Å². The lowest BCUT2D eigenvalue weighted by molar-refractivity contribution is 0.624. The number of alkyl halides is 1. The van der Waals surface area contributed by atoms with Crippen LogP contribution in [0.1, 0.15) is 5.56 Å². The van der Waals surface area contributed by atoms with Crippen molar-refractivity contribution in [3.05, 3.63) is 34.1 Å². The van der Waals surface area contributed by atoms with E-state index >= 15 is 0 Å². The Hall–Kier alpha value is 0.320. The Kier molecular flexibility index (Phi) is 5.20. The molecule has 1 nitrogen and oxygen atoms in total.